The zero-order chi connectivity index (χ0) is 7.28. The van der Waals surface area contributed by atoms with Gasteiger partial charge in [-0.2, -0.15) is 0 Å². The van der Waals surface area contributed by atoms with Crippen molar-refractivity contribution in [1.29, 1.82) is 0 Å². The third-order valence-corrected chi connectivity index (χ3v) is 2.29. The molecule has 0 aromatic rings. The van der Waals surface area contributed by atoms with E-state index in [2.05, 4.69) is 26.1 Å². The van der Waals surface area contributed by atoms with Gasteiger partial charge in [0.1, 0.15) is 0 Å². The molecule has 9 heavy (non-hydrogen) atoms. The van der Waals surface area contributed by atoms with Crippen molar-refractivity contribution in [2.45, 2.75) is 20.8 Å². The molecule has 0 rings (SSSR count). The summed E-state index contributed by atoms with van der Waals surface area (Å²) < 4.78 is 0. The Labute approximate surface area is 61.9 Å². The summed E-state index contributed by atoms with van der Waals surface area (Å²) in [6.07, 6.45) is 0. The van der Waals surface area contributed by atoms with Gasteiger partial charge in [-0.1, -0.05) is 6.92 Å². The lowest BCUT2D eigenvalue weighted by atomic mass is 10.5. The minimum absolute atomic E-state index is 1.16. The maximum absolute atomic E-state index is 3.11. The molecule has 2 heteroatoms. The van der Waals surface area contributed by atoms with Crippen molar-refractivity contribution >= 4 is 11.8 Å². The maximum atomic E-state index is 3.11. The summed E-state index contributed by atoms with van der Waals surface area (Å²) in [6, 6.07) is 0. The number of rotatable bonds is 3. The van der Waals surface area contributed by atoms with E-state index in [0.717, 1.165) is 5.75 Å². The molecular weight excluding hydrogens is 130 g/mol. The molecule has 0 radical (unpaired) electrons. The van der Waals surface area contributed by atoms with Crippen molar-refractivity contribution in [3.8, 4) is 0 Å². The fraction of sp³-hybridized carbons (Fsp3) is 0.714. The first-order valence-corrected chi connectivity index (χ1v) is 4.19. The van der Waals surface area contributed by atoms with E-state index in [1.165, 1.54) is 10.6 Å². The quantitative estimate of drug-likeness (QED) is 0.653. The van der Waals surface area contributed by atoms with Crippen LogP contribution in [-0.4, -0.2) is 12.8 Å². The van der Waals surface area contributed by atoms with Crippen molar-refractivity contribution in [2.75, 3.05) is 12.8 Å². The van der Waals surface area contributed by atoms with Crippen molar-refractivity contribution in [3.05, 3.63) is 10.6 Å². The third-order valence-electron chi connectivity index (χ3n) is 1.26. The average molecular weight is 145 g/mol. The topological polar surface area (TPSA) is 12.0 Å². The van der Waals surface area contributed by atoms with E-state index in [9.17, 15) is 0 Å². The van der Waals surface area contributed by atoms with E-state index in [0.29, 0.717) is 0 Å². The number of thioether (sulfide) groups is 1. The smallest absolute Gasteiger partial charge is 0.0166 e. The first kappa shape index (κ1) is 8.89. The lowest BCUT2D eigenvalue weighted by Crippen LogP contribution is -2.02. The Morgan fingerprint density at radius 1 is 1.44 bits per heavy atom. The molecule has 0 aliphatic rings. The van der Waals surface area contributed by atoms with Crippen LogP contribution in [0.15, 0.2) is 10.6 Å². The summed E-state index contributed by atoms with van der Waals surface area (Å²) in [5.41, 5.74) is 1.28. The lowest BCUT2D eigenvalue weighted by molar-refractivity contribution is 0.979. The molecule has 0 atom stereocenters. The summed E-state index contributed by atoms with van der Waals surface area (Å²) in [7, 11) is 1.95. The van der Waals surface area contributed by atoms with Crippen molar-refractivity contribution in [1.82, 2.24) is 5.32 Å². The van der Waals surface area contributed by atoms with Crippen LogP contribution in [0.1, 0.15) is 20.8 Å². The van der Waals surface area contributed by atoms with E-state index in [1.807, 2.05) is 18.8 Å². The van der Waals surface area contributed by atoms with Crippen molar-refractivity contribution in [3.63, 3.8) is 0 Å². The van der Waals surface area contributed by atoms with Gasteiger partial charge < -0.3 is 5.32 Å². The lowest BCUT2D eigenvalue weighted by Gasteiger charge is -2.03. The fourth-order valence-electron chi connectivity index (χ4n) is 0.501. The highest BCUT2D eigenvalue weighted by Gasteiger charge is 1.91. The fourth-order valence-corrected chi connectivity index (χ4v) is 1.25. The number of hydrogen-bond acceptors (Lipinski definition) is 2. The van der Waals surface area contributed by atoms with Gasteiger partial charge in [0.15, 0.2) is 0 Å². The Morgan fingerprint density at radius 2 is 2.00 bits per heavy atom. The molecule has 0 aliphatic heterocycles. The molecule has 0 saturated heterocycles. The van der Waals surface area contributed by atoms with E-state index < -0.39 is 0 Å². The normalized spacial score (nSPS) is 12.9. The Morgan fingerprint density at radius 3 is 2.33 bits per heavy atom. The van der Waals surface area contributed by atoms with Crippen LogP contribution in [0.2, 0.25) is 0 Å². The van der Waals surface area contributed by atoms with Crippen LogP contribution in [0.4, 0.5) is 0 Å². The SMILES string of the molecule is CCS/C(C)=C(/C)NC. The van der Waals surface area contributed by atoms with Gasteiger partial charge in [-0.05, 0) is 19.6 Å². The monoisotopic (exact) mass is 145 g/mol. The Bertz CT molecular complexity index is 107. The molecule has 1 N–H and O–H groups in total. The van der Waals surface area contributed by atoms with Crippen molar-refractivity contribution in [2.24, 2.45) is 0 Å². The number of allylic oxidation sites excluding steroid dienone is 2. The van der Waals surface area contributed by atoms with E-state index in [4.69, 9.17) is 0 Å². The first-order chi connectivity index (χ1) is 4.22. The van der Waals surface area contributed by atoms with Gasteiger partial charge in [-0.15, -0.1) is 11.8 Å². The summed E-state index contributed by atoms with van der Waals surface area (Å²) in [5.74, 6) is 1.16. The predicted octanol–water partition coefficient (Wildman–Crippen LogP) is 2.21. The predicted molar refractivity (Wildman–Crippen MR) is 45.6 cm³/mol. The average Bonchev–Trinajstić information content (AvgIpc) is 1.87. The van der Waals surface area contributed by atoms with Crippen LogP contribution in [-0.2, 0) is 0 Å². The van der Waals surface area contributed by atoms with Crippen LogP contribution in [0, 0.1) is 0 Å². The van der Waals surface area contributed by atoms with Crippen molar-refractivity contribution < 1.29 is 0 Å². The Hall–Kier alpha value is -0.110. The van der Waals surface area contributed by atoms with Gasteiger partial charge in [-0.25, -0.2) is 0 Å². The van der Waals surface area contributed by atoms with Gasteiger partial charge in [0.25, 0.3) is 0 Å². The molecule has 1 nitrogen and oxygen atoms in total. The van der Waals surface area contributed by atoms with E-state index >= 15 is 0 Å². The second-order valence-corrected chi connectivity index (χ2v) is 3.34. The van der Waals surface area contributed by atoms with Gasteiger partial charge >= 0.3 is 0 Å². The van der Waals surface area contributed by atoms with Gasteiger partial charge in [0.2, 0.25) is 0 Å². The minimum atomic E-state index is 1.16. The van der Waals surface area contributed by atoms with E-state index in [-0.39, 0.29) is 0 Å². The van der Waals surface area contributed by atoms with Crippen LogP contribution in [0.3, 0.4) is 0 Å². The first-order valence-electron chi connectivity index (χ1n) is 3.20. The van der Waals surface area contributed by atoms with Crippen LogP contribution >= 0.6 is 11.8 Å². The third kappa shape index (κ3) is 3.46. The summed E-state index contributed by atoms with van der Waals surface area (Å²) in [4.78, 5) is 1.39. The molecule has 0 aromatic heterocycles. The van der Waals surface area contributed by atoms with Crippen LogP contribution in [0.25, 0.3) is 0 Å². The Balaban J connectivity index is 3.78. The molecule has 0 fully saturated rings. The zero-order valence-corrected chi connectivity index (χ0v) is 7.43. The maximum Gasteiger partial charge on any atom is 0.0166 e. The molecular formula is C7H15NS. The van der Waals surface area contributed by atoms with Crippen LogP contribution in [0.5, 0.6) is 0 Å². The summed E-state index contributed by atoms with van der Waals surface area (Å²) in [6.45, 7) is 6.40. The highest BCUT2D eigenvalue weighted by Crippen LogP contribution is 2.15. The molecule has 0 aromatic carbocycles. The van der Waals surface area contributed by atoms with Gasteiger partial charge in [-0.3, -0.25) is 0 Å². The molecule has 0 heterocycles. The largest absolute Gasteiger partial charge is 0.391 e. The van der Waals surface area contributed by atoms with Gasteiger partial charge in [0.05, 0.1) is 0 Å². The Kier molecular flexibility index (Phi) is 4.68. The van der Waals surface area contributed by atoms with Gasteiger partial charge in [0, 0.05) is 17.6 Å². The summed E-state index contributed by atoms with van der Waals surface area (Å²) >= 11 is 1.88. The van der Waals surface area contributed by atoms with E-state index in [1.54, 1.807) is 0 Å². The molecule has 0 saturated carbocycles. The number of hydrogen-bond donors (Lipinski definition) is 1. The molecule has 0 bridgehead atoms. The molecule has 0 unspecified atom stereocenters. The highest BCUT2D eigenvalue weighted by molar-refractivity contribution is 8.03. The standard InChI is InChI=1S/C7H15NS/c1-5-9-7(3)6(2)8-4/h8H,5H2,1-4H3/b7-6-. The number of nitrogens with one attached hydrogen (secondary N) is 1. The molecule has 0 spiro atoms. The molecule has 54 valence electrons. The molecule has 0 amide bonds. The summed E-state index contributed by atoms with van der Waals surface area (Å²) in [5, 5.41) is 3.11. The minimum Gasteiger partial charge on any atom is -0.391 e. The van der Waals surface area contributed by atoms with Crippen LogP contribution < -0.4 is 5.32 Å². The second kappa shape index (κ2) is 4.74. The zero-order valence-electron chi connectivity index (χ0n) is 6.62. The molecule has 0 aliphatic carbocycles. The highest BCUT2D eigenvalue weighted by atomic mass is 32.2. The second-order valence-electron chi connectivity index (χ2n) is 1.86.